The highest BCUT2D eigenvalue weighted by molar-refractivity contribution is 5.89. The lowest BCUT2D eigenvalue weighted by atomic mass is 10.0. The Labute approximate surface area is 174 Å². The molecule has 1 saturated heterocycles. The van der Waals surface area contributed by atoms with E-state index in [9.17, 15) is 9.59 Å². The summed E-state index contributed by atoms with van der Waals surface area (Å²) in [5.74, 6) is 1.08. The molecule has 1 fully saturated rings. The summed E-state index contributed by atoms with van der Waals surface area (Å²) < 4.78 is 10.6. The van der Waals surface area contributed by atoms with Crippen LogP contribution in [0.3, 0.4) is 0 Å². The third kappa shape index (κ3) is 3.57. The Morgan fingerprint density at radius 3 is 2.80 bits per heavy atom. The number of carbonyl (C=O) groups is 2. The normalized spacial score (nSPS) is 21.7. The van der Waals surface area contributed by atoms with Crippen LogP contribution in [0.4, 0.5) is 0 Å². The predicted octanol–water partition coefficient (Wildman–Crippen LogP) is 1.67. The molecule has 2 N–H and O–H groups in total. The van der Waals surface area contributed by atoms with Crippen LogP contribution < -0.4 is 20.2 Å². The van der Waals surface area contributed by atoms with Gasteiger partial charge in [0.25, 0.3) is 5.91 Å². The van der Waals surface area contributed by atoms with E-state index in [0.717, 1.165) is 11.1 Å². The van der Waals surface area contributed by atoms with Crippen molar-refractivity contribution in [3.63, 3.8) is 0 Å². The van der Waals surface area contributed by atoms with Crippen molar-refractivity contribution in [1.82, 2.24) is 20.7 Å². The molecule has 3 aliphatic rings. The summed E-state index contributed by atoms with van der Waals surface area (Å²) in [6.07, 6.45) is 4.13. The summed E-state index contributed by atoms with van der Waals surface area (Å²) in [4.78, 5) is 26.8. The highest BCUT2D eigenvalue weighted by Crippen LogP contribution is 2.32. The SMILES string of the molecule is O=C(CN1C=CN2NC(c3ccccc3)CC2C1=O)NCc1ccc2c(c1)OCO2. The van der Waals surface area contributed by atoms with Gasteiger partial charge in [0, 0.05) is 18.9 Å². The number of carbonyl (C=O) groups excluding carboxylic acids is 2. The maximum atomic E-state index is 12.9. The van der Waals surface area contributed by atoms with Crippen LogP contribution in [0.15, 0.2) is 60.9 Å². The van der Waals surface area contributed by atoms with Gasteiger partial charge in [-0.05, 0) is 29.7 Å². The van der Waals surface area contributed by atoms with Crippen LogP contribution >= 0.6 is 0 Å². The Hall–Kier alpha value is -3.52. The molecule has 154 valence electrons. The smallest absolute Gasteiger partial charge is 0.251 e. The Kier molecular flexibility index (Phi) is 4.76. The zero-order chi connectivity index (χ0) is 20.5. The van der Waals surface area contributed by atoms with E-state index in [1.54, 1.807) is 6.20 Å². The Bertz CT molecular complexity index is 994. The molecule has 8 nitrogen and oxygen atoms in total. The van der Waals surface area contributed by atoms with Crippen LogP contribution in [-0.2, 0) is 16.1 Å². The summed E-state index contributed by atoms with van der Waals surface area (Å²) in [7, 11) is 0. The van der Waals surface area contributed by atoms with Crippen molar-refractivity contribution >= 4 is 11.8 Å². The first kappa shape index (κ1) is 18.5. The molecule has 2 aromatic rings. The monoisotopic (exact) mass is 406 g/mol. The van der Waals surface area contributed by atoms with Gasteiger partial charge >= 0.3 is 0 Å². The number of fused-ring (bicyclic) bond motifs is 2. The van der Waals surface area contributed by atoms with Crippen molar-refractivity contribution in [2.24, 2.45) is 0 Å². The van der Waals surface area contributed by atoms with E-state index in [1.165, 1.54) is 4.90 Å². The first-order valence-corrected chi connectivity index (χ1v) is 9.91. The van der Waals surface area contributed by atoms with E-state index in [4.69, 9.17) is 9.47 Å². The molecule has 0 saturated carbocycles. The van der Waals surface area contributed by atoms with Gasteiger partial charge in [0.15, 0.2) is 11.5 Å². The largest absolute Gasteiger partial charge is 0.454 e. The van der Waals surface area contributed by atoms with Gasteiger partial charge < -0.3 is 24.7 Å². The van der Waals surface area contributed by atoms with Crippen molar-refractivity contribution in [2.75, 3.05) is 13.3 Å². The van der Waals surface area contributed by atoms with Crippen molar-refractivity contribution in [1.29, 1.82) is 0 Å². The number of hydrogen-bond acceptors (Lipinski definition) is 6. The second kappa shape index (κ2) is 7.72. The van der Waals surface area contributed by atoms with E-state index < -0.39 is 0 Å². The van der Waals surface area contributed by atoms with Crippen LogP contribution in [0.25, 0.3) is 0 Å². The molecule has 5 rings (SSSR count). The van der Waals surface area contributed by atoms with Gasteiger partial charge in [-0.2, -0.15) is 0 Å². The predicted molar refractivity (Wildman–Crippen MR) is 108 cm³/mol. The zero-order valence-electron chi connectivity index (χ0n) is 16.3. The maximum absolute atomic E-state index is 12.9. The number of benzene rings is 2. The molecule has 8 heteroatoms. The number of hydrogen-bond donors (Lipinski definition) is 2. The molecule has 2 atom stereocenters. The number of nitrogens with zero attached hydrogens (tertiary/aromatic N) is 2. The van der Waals surface area contributed by atoms with Crippen LogP contribution in [0.2, 0.25) is 0 Å². The summed E-state index contributed by atoms with van der Waals surface area (Å²) in [6.45, 7) is 0.557. The molecule has 0 radical (unpaired) electrons. The van der Waals surface area contributed by atoms with Gasteiger partial charge in [0.1, 0.15) is 12.6 Å². The van der Waals surface area contributed by atoms with Gasteiger partial charge in [0.05, 0.1) is 6.04 Å². The highest BCUT2D eigenvalue weighted by Gasteiger charge is 2.40. The van der Waals surface area contributed by atoms with Gasteiger partial charge in [-0.3, -0.25) is 9.59 Å². The van der Waals surface area contributed by atoms with Crippen LogP contribution in [0.1, 0.15) is 23.6 Å². The highest BCUT2D eigenvalue weighted by atomic mass is 16.7. The maximum Gasteiger partial charge on any atom is 0.251 e. The van der Waals surface area contributed by atoms with Crippen molar-refractivity contribution < 1.29 is 19.1 Å². The molecule has 2 unspecified atom stereocenters. The van der Waals surface area contributed by atoms with Crippen LogP contribution in [0.5, 0.6) is 11.5 Å². The molecule has 3 aliphatic heterocycles. The average molecular weight is 406 g/mol. The summed E-state index contributed by atoms with van der Waals surface area (Å²) >= 11 is 0. The van der Waals surface area contributed by atoms with Crippen molar-refractivity contribution in [2.45, 2.75) is 25.0 Å². The number of nitrogens with one attached hydrogen (secondary N) is 2. The molecule has 0 aromatic heterocycles. The minimum atomic E-state index is -0.318. The van der Waals surface area contributed by atoms with E-state index in [0.29, 0.717) is 24.5 Å². The number of amides is 2. The molecule has 2 aromatic carbocycles. The summed E-state index contributed by atoms with van der Waals surface area (Å²) in [5.41, 5.74) is 5.40. The zero-order valence-corrected chi connectivity index (χ0v) is 16.3. The lowest BCUT2D eigenvalue weighted by Crippen LogP contribution is -2.50. The molecular weight excluding hydrogens is 384 g/mol. The number of ether oxygens (including phenoxy) is 2. The van der Waals surface area contributed by atoms with Gasteiger partial charge in [-0.15, -0.1) is 0 Å². The lowest BCUT2D eigenvalue weighted by molar-refractivity contribution is -0.138. The minimum absolute atomic E-state index is 0.0137. The van der Waals surface area contributed by atoms with Crippen molar-refractivity contribution in [3.05, 3.63) is 72.1 Å². The number of rotatable bonds is 5. The fraction of sp³-hybridized carbons (Fsp3) is 0.273. The summed E-state index contributed by atoms with van der Waals surface area (Å²) in [5, 5.41) is 4.69. The molecular formula is C22H22N4O4. The van der Waals surface area contributed by atoms with Crippen LogP contribution in [0, 0.1) is 0 Å². The third-order valence-corrected chi connectivity index (χ3v) is 5.52. The standard InChI is InChI=1S/C22H22N4O4/c27-21(23-12-15-6-7-19-20(10-15)30-14-29-19)13-25-8-9-26-18(22(25)28)11-17(24-26)16-4-2-1-3-5-16/h1-10,17-18,24H,11-14H2,(H,23,27). The molecule has 2 amide bonds. The first-order valence-electron chi connectivity index (χ1n) is 9.91. The third-order valence-electron chi connectivity index (χ3n) is 5.52. The van der Waals surface area contributed by atoms with Gasteiger partial charge in [-0.1, -0.05) is 36.4 Å². The topological polar surface area (TPSA) is 83.1 Å². The lowest BCUT2D eigenvalue weighted by Gasteiger charge is -2.31. The second-order valence-corrected chi connectivity index (χ2v) is 7.48. The number of hydrazine groups is 1. The Morgan fingerprint density at radius 2 is 1.93 bits per heavy atom. The summed E-state index contributed by atoms with van der Waals surface area (Å²) in [6, 6.07) is 15.4. The Balaban J connectivity index is 1.17. The minimum Gasteiger partial charge on any atom is -0.454 e. The second-order valence-electron chi connectivity index (χ2n) is 7.48. The van der Waals surface area contributed by atoms with E-state index in [-0.39, 0.29) is 37.2 Å². The molecule has 0 aliphatic carbocycles. The fourth-order valence-corrected chi connectivity index (χ4v) is 3.93. The molecule has 3 heterocycles. The van der Waals surface area contributed by atoms with Gasteiger partial charge in [0.2, 0.25) is 12.7 Å². The first-order chi connectivity index (χ1) is 14.7. The quantitative estimate of drug-likeness (QED) is 0.786. The van der Waals surface area contributed by atoms with Gasteiger partial charge in [-0.25, -0.2) is 5.43 Å². The Morgan fingerprint density at radius 1 is 1.10 bits per heavy atom. The van der Waals surface area contributed by atoms with E-state index in [1.807, 2.05) is 59.7 Å². The molecule has 0 spiro atoms. The van der Waals surface area contributed by atoms with E-state index in [2.05, 4.69) is 10.7 Å². The average Bonchev–Trinajstić information content (AvgIpc) is 3.42. The molecule has 0 bridgehead atoms. The molecule has 30 heavy (non-hydrogen) atoms. The van der Waals surface area contributed by atoms with Crippen molar-refractivity contribution in [3.8, 4) is 11.5 Å². The van der Waals surface area contributed by atoms with Crippen LogP contribution in [-0.4, -0.2) is 41.1 Å². The van der Waals surface area contributed by atoms with E-state index >= 15 is 0 Å². The fourth-order valence-electron chi connectivity index (χ4n) is 3.93.